The number of nitrogens with one attached hydrogen (secondary N) is 1. The highest BCUT2D eigenvalue weighted by Gasteiger charge is 2.35. The topological polar surface area (TPSA) is 33.7 Å². The van der Waals surface area contributed by atoms with Gasteiger partial charge in [0.05, 0.1) is 18.2 Å². The molecule has 2 unspecified atom stereocenters. The van der Waals surface area contributed by atoms with Crippen LogP contribution in [0.3, 0.4) is 0 Å². The number of hydrogen-bond acceptors (Lipinski definition) is 4. The molecule has 1 aromatic carbocycles. The molecule has 4 rings (SSSR count). The van der Waals surface area contributed by atoms with Crippen LogP contribution in [0.2, 0.25) is 5.02 Å². The summed E-state index contributed by atoms with van der Waals surface area (Å²) in [5, 5.41) is 4.38. The summed E-state index contributed by atoms with van der Waals surface area (Å²) < 4.78 is 11.5. The standard InChI is InChI=1S/C18H25ClN2O2/c1-21(15-9-13-3-4-14(10-15)20-13)11-12-7-16(19)18-17(8-12)22-5-2-6-23-18/h7-8,13-15,20H,2-6,9-11H2,1H3. The van der Waals surface area contributed by atoms with Gasteiger partial charge in [0.25, 0.3) is 0 Å². The van der Waals surface area contributed by atoms with E-state index in [1.54, 1.807) is 0 Å². The molecule has 0 aromatic heterocycles. The molecule has 0 saturated carbocycles. The van der Waals surface area contributed by atoms with Crippen LogP contribution in [-0.2, 0) is 6.54 Å². The molecule has 0 amide bonds. The monoisotopic (exact) mass is 336 g/mol. The van der Waals surface area contributed by atoms with Gasteiger partial charge in [-0.05, 0) is 50.4 Å². The SMILES string of the molecule is CN(Cc1cc(Cl)c2c(c1)OCCCO2)C1CC2CCC(C1)N2. The number of halogens is 1. The Bertz CT molecular complexity index is 568. The first-order valence-electron chi connectivity index (χ1n) is 8.73. The third-order valence-corrected chi connectivity index (χ3v) is 5.65. The number of piperidine rings is 1. The number of hydrogen-bond donors (Lipinski definition) is 1. The van der Waals surface area contributed by atoms with Crippen molar-refractivity contribution in [3.05, 3.63) is 22.7 Å². The molecule has 2 fully saturated rings. The molecule has 2 atom stereocenters. The highest BCUT2D eigenvalue weighted by Crippen LogP contribution is 2.38. The molecule has 4 nitrogen and oxygen atoms in total. The molecule has 2 bridgehead atoms. The number of benzene rings is 1. The van der Waals surface area contributed by atoms with Crippen LogP contribution in [0.1, 0.15) is 37.7 Å². The molecular weight excluding hydrogens is 312 g/mol. The maximum atomic E-state index is 6.41. The molecule has 1 N–H and O–H groups in total. The Hall–Kier alpha value is -0.970. The summed E-state index contributed by atoms with van der Waals surface area (Å²) in [4.78, 5) is 2.47. The fourth-order valence-electron chi connectivity index (χ4n) is 4.18. The third-order valence-electron chi connectivity index (χ3n) is 5.37. The molecular formula is C18H25ClN2O2. The first kappa shape index (κ1) is 15.6. The van der Waals surface area contributed by atoms with E-state index in [1.165, 1.54) is 31.2 Å². The zero-order valence-corrected chi connectivity index (χ0v) is 14.4. The average molecular weight is 337 g/mol. The largest absolute Gasteiger partial charge is 0.489 e. The molecule has 2 saturated heterocycles. The maximum Gasteiger partial charge on any atom is 0.179 e. The van der Waals surface area contributed by atoms with Gasteiger partial charge in [0.2, 0.25) is 0 Å². The van der Waals surface area contributed by atoms with Gasteiger partial charge < -0.3 is 14.8 Å². The number of rotatable bonds is 3. The minimum absolute atomic E-state index is 0.656. The van der Waals surface area contributed by atoms with Crippen LogP contribution in [0.4, 0.5) is 0 Å². The second-order valence-electron chi connectivity index (χ2n) is 7.13. The van der Waals surface area contributed by atoms with E-state index in [1.807, 2.05) is 6.07 Å². The van der Waals surface area contributed by atoms with Crippen LogP contribution in [0.15, 0.2) is 12.1 Å². The molecule has 0 aliphatic carbocycles. The van der Waals surface area contributed by atoms with Gasteiger partial charge in [-0.25, -0.2) is 0 Å². The Morgan fingerprint density at radius 2 is 1.91 bits per heavy atom. The van der Waals surface area contributed by atoms with Crippen molar-refractivity contribution >= 4 is 11.6 Å². The Labute approximate surface area is 143 Å². The molecule has 1 aromatic rings. The summed E-state index contributed by atoms with van der Waals surface area (Å²) in [7, 11) is 2.23. The predicted molar refractivity (Wildman–Crippen MR) is 91.5 cm³/mol. The van der Waals surface area contributed by atoms with E-state index in [4.69, 9.17) is 21.1 Å². The van der Waals surface area contributed by atoms with Crippen LogP contribution in [-0.4, -0.2) is 43.3 Å². The van der Waals surface area contributed by atoms with Crippen LogP contribution < -0.4 is 14.8 Å². The third kappa shape index (κ3) is 3.30. The van der Waals surface area contributed by atoms with Crippen molar-refractivity contribution in [2.75, 3.05) is 20.3 Å². The van der Waals surface area contributed by atoms with Crippen LogP contribution in [0.5, 0.6) is 11.5 Å². The van der Waals surface area contributed by atoms with Crippen LogP contribution in [0.25, 0.3) is 0 Å². The first-order chi connectivity index (χ1) is 11.2. The molecule has 3 heterocycles. The zero-order valence-electron chi connectivity index (χ0n) is 13.7. The summed E-state index contributed by atoms with van der Waals surface area (Å²) >= 11 is 6.41. The Balaban J connectivity index is 1.48. The Morgan fingerprint density at radius 3 is 2.70 bits per heavy atom. The lowest BCUT2D eigenvalue weighted by molar-refractivity contribution is 0.165. The summed E-state index contributed by atoms with van der Waals surface area (Å²) in [6.45, 7) is 2.27. The first-order valence-corrected chi connectivity index (χ1v) is 9.11. The van der Waals surface area contributed by atoms with Gasteiger partial charge in [0.1, 0.15) is 0 Å². The lowest BCUT2D eigenvalue weighted by Gasteiger charge is -2.35. The zero-order chi connectivity index (χ0) is 15.8. The van der Waals surface area contributed by atoms with Gasteiger partial charge in [-0.3, -0.25) is 4.90 Å². The van der Waals surface area contributed by atoms with E-state index in [9.17, 15) is 0 Å². The van der Waals surface area contributed by atoms with Crippen molar-refractivity contribution in [1.82, 2.24) is 10.2 Å². The Morgan fingerprint density at radius 1 is 1.17 bits per heavy atom. The van der Waals surface area contributed by atoms with E-state index in [0.717, 1.165) is 18.7 Å². The van der Waals surface area contributed by atoms with E-state index in [-0.39, 0.29) is 0 Å². The molecule has 0 radical (unpaired) electrons. The van der Waals surface area contributed by atoms with Crippen molar-refractivity contribution in [2.45, 2.75) is 56.8 Å². The second-order valence-corrected chi connectivity index (χ2v) is 7.54. The van der Waals surface area contributed by atoms with Gasteiger partial charge in [0.15, 0.2) is 11.5 Å². The highest BCUT2D eigenvalue weighted by molar-refractivity contribution is 6.32. The van der Waals surface area contributed by atoms with Crippen molar-refractivity contribution in [2.24, 2.45) is 0 Å². The van der Waals surface area contributed by atoms with Crippen molar-refractivity contribution in [3.8, 4) is 11.5 Å². The van der Waals surface area contributed by atoms with Gasteiger partial charge in [-0.15, -0.1) is 0 Å². The van der Waals surface area contributed by atoms with E-state index in [2.05, 4.69) is 23.3 Å². The average Bonchev–Trinajstić information content (AvgIpc) is 2.74. The van der Waals surface area contributed by atoms with Gasteiger partial charge >= 0.3 is 0 Å². The smallest absolute Gasteiger partial charge is 0.179 e. The van der Waals surface area contributed by atoms with Gasteiger partial charge in [-0.1, -0.05) is 11.6 Å². The normalized spacial score (nSPS) is 29.6. The summed E-state index contributed by atoms with van der Waals surface area (Å²) in [5.74, 6) is 1.50. The molecule has 0 spiro atoms. The summed E-state index contributed by atoms with van der Waals surface area (Å²) in [6.07, 6.45) is 6.09. The lowest BCUT2D eigenvalue weighted by Crippen LogP contribution is -2.46. The molecule has 126 valence electrons. The fraction of sp³-hybridized carbons (Fsp3) is 0.667. The molecule has 3 aliphatic heterocycles. The minimum atomic E-state index is 0.656. The lowest BCUT2D eigenvalue weighted by atomic mass is 9.98. The van der Waals surface area contributed by atoms with Crippen molar-refractivity contribution < 1.29 is 9.47 Å². The Kier molecular flexibility index (Phi) is 4.39. The number of ether oxygens (including phenoxy) is 2. The van der Waals surface area contributed by atoms with E-state index in [0.29, 0.717) is 42.1 Å². The molecule has 23 heavy (non-hydrogen) atoms. The van der Waals surface area contributed by atoms with Crippen molar-refractivity contribution in [1.29, 1.82) is 0 Å². The quantitative estimate of drug-likeness (QED) is 0.919. The van der Waals surface area contributed by atoms with Gasteiger partial charge in [0, 0.05) is 31.1 Å². The van der Waals surface area contributed by atoms with E-state index < -0.39 is 0 Å². The maximum absolute atomic E-state index is 6.41. The highest BCUT2D eigenvalue weighted by atomic mass is 35.5. The number of nitrogens with zero attached hydrogens (tertiary/aromatic N) is 1. The second kappa shape index (κ2) is 6.50. The predicted octanol–water partition coefficient (Wildman–Crippen LogP) is 3.22. The van der Waals surface area contributed by atoms with Crippen molar-refractivity contribution in [3.63, 3.8) is 0 Å². The van der Waals surface area contributed by atoms with E-state index >= 15 is 0 Å². The van der Waals surface area contributed by atoms with Crippen LogP contribution in [0, 0.1) is 0 Å². The molecule has 5 heteroatoms. The number of fused-ring (bicyclic) bond motifs is 3. The molecule has 3 aliphatic rings. The van der Waals surface area contributed by atoms with Gasteiger partial charge in [-0.2, -0.15) is 0 Å². The fourth-order valence-corrected chi connectivity index (χ4v) is 4.47. The summed E-state index contributed by atoms with van der Waals surface area (Å²) in [6, 6.07) is 6.21. The van der Waals surface area contributed by atoms with Crippen LogP contribution >= 0.6 is 11.6 Å². The summed E-state index contributed by atoms with van der Waals surface area (Å²) in [5.41, 5.74) is 1.20. The minimum Gasteiger partial charge on any atom is -0.489 e.